The molecule has 0 atom stereocenters. The SMILES string of the molecule is CC(C)c1cccc(C(C)C)c1NC(C)(C)c1ccccn1.CC(C)c1cccc(C(C)C)c1[N-]C(C)(C)c1ccccn1.[CH2-]c1ccccc1.[CH2-]c1ccccc1.[CH2-]c1ccccc1.[Zr+4]. The normalized spacial score (nSPS) is 10.7. The van der Waals surface area contributed by atoms with Gasteiger partial charge in [0.15, 0.2) is 0 Å². The van der Waals surface area contributed by atoms with E-state index in [1.807, 2.05) is 128 Å². The summed E-state index contributed by atoms with van der Waals surface area (Å²) in [5.74, 6) is 1.88. The van der Waals surface area contributed by atoms with Crippen molar-refractivity contribution in [3.63, 3.8) is 0 Å². The van der Waals surface area contributed by atoms with Crippen LogP contribution >= 0.6 is 0 Å². The molecule has 0 amide bonds. The van der Waals surface area contributed by atoms with E-state index in [0.717, 1.165) is 33.8 Å². The first kappa shape index (κ1) is 56.6. The van der Waals surface area contributed by atoms with E-state index < -0.39 is 0 Å². The van der Waals surface area contributed by atoms with Crippen molar-refractivity contribution < 1.29 is 26.2 Å². The second-order valence-electron chi connectivity index (χ2n) is 18.5. The maximum atomic E-state index is 5.14. The molecule has 0 unspecified atom stereocenters. The minimum Gasteiger partial charge on any atom is -0.674 e. The van der Waals surface area contributed by atoms with Crippen LogP contribution in [0.2, 0.25) is 0 Å². The largest absolute Gasteiger partial charge is 4.00 e. The Labute approximate surface area is 420 Å². The minimum atomic E-state index is -0.337. The van der Waals surface area contributed by atoms with Crippen LogP contribution in [0, 0.1) is 20.8 Å². The fraction of sp³-hybridized carbons (Fsp3) is 0.295. The van der Waals surface area contributed by atoms with Crippen molar-refractivity contribution in [2.24, 2.45) is 0 Å². The second-order valence-corrected chi connectivity index (χ2v) is 18.5. The molecule has 7 aromatic rings. The van der Waals surface area contributed by atoms with Crippen LogP contribution in [0.15, 0.2) is 176 Å². The van der Waals surface area contributed by atoms with Crippen LogP contribution in [0.4, 0.5) is 11.4 Å². The van der Waals surface area contributed by atoms with Gasteiger partial charge in [-0.15, -0.1) is 42.1 Å². The van der Waals surface area contributed by atoms with Gasteiger partial charge in [-0.1, -0.05) is 153 Å². The van der Waals surface area contributed by atoms with Gasteiger partial charge < -0.3 is 10.6 Å². The van der Waals surface area contributed by atoms with Gasteiger partial charge in [-0.2, -0.15) is 73.9 Å². The molecule has 0 saturated carbocycles. The maximum Gasteiger partial charge on any atom is 4.00 e. The van der Waals surface area contributed by atoms with Gasteiger partial charge >= 0.3 is 26.2 Å². The van der Waals surface area contributed by atoms with Gasteiger partial charge in [-0.25, -0.2) is 0 Å². The van der Waals surface area contributed by atoms with E-state index in [1.165, 1.54) is 27.9 Å². The summed E-state index contributed by atoms with van der Waals surface area (Å²) in [6.07, 6.45) is 3.70. The third-order valence-corrected chi connectivity index (χ3v) is 10.7. The Morgan fingerprint density at radius 2 is 0.727 bits per heavy atom. The quantitative estimate of drug-likeness (QED) is 0.139. The summed E-state index contributed by atoms with van der Waals surface area (Å²) in [6, 6.07) is 54.9. The average molecular weight is 957 g/mol. The molecule has 0 fully saturated rings. The molecule has 2 aromatic heterocycles. The minimum absolute atomic E-state index is 0. The zero-order valence-electron chi connectivity index (χ0n) is 42.0. The molecule has 0 aliphatic rings. The Morgan fingerprint density at radius 3 is 1.02 bits per heavy atom. The third-order valence-electron chi connectivity index (χ3n) is 10.7. The summed E-state index contributed by atoms with van der Waals surface area (Å²) in [6.45, 7) is 37.7. The molecule has 0 bridgehead atoms. The van der Waals surface area contributed by atoms with Crippen molar-refractivity contribution in [1.82, 2.24) is 9.97 Å². The van der Waals surface area contributed by atoms with E-state index in [1.54, 1.807) is 0 Å². The van der Waals surface area contributed by atoms with Gasteiger partial charge in [0.1, 0.15) is 0 Å². The first-order valence-electron chi connectivity index (χ1n) is 23.0. The second kappa shape index (κ2) is 28.5. The van der Waals surface area contributed by atoms with Crippen LogP contribution in [0.3, 0.4) is 0 Å². The third kappa shape index (κ3) is 19.1. The van der Waals surface area contributed by atoms with Crippen LogP contribution in [-0.4, -0.2) is 9.97 Å². The number of nitrogens with one attached hydrogen (secondary N) is 1. The van der Waals surface area contributed by atoms with Crippen LogP contribution < -0.4 is 5.32 Å². The average Bonchev–Trinajstić information content (AvgIpc) is 3.28. The fourth-order valence-electron chi connectivity index (χ4n) is 6.94. The molecule has 344 valence electrons. The van der Waals surface area contributed by atoms with E-state index in [9.17, 15) is 0 Å². The standard InChI is InChI=1S/C20H28N2.C20H27N2.3C7H7.Zr/c2*1-14(2)16-10-9-11-17(15(3)4)19(16)22-20(5,6)18-12-7-8-13-21-18;3*1-7-5-3-2-4-6-7;/h7-15,22H,1-6H3;7-15H,1-6H3;3*2-6H,1H2;/q;4*-1;+4. The Kier molecular flexibility index (Phi) is 24.5. The first-order valence-corrected chi connectivity index (χ1v) is 23.0. The monoisotopic (exact) mass is 955 g/mol. The van der Waals surface area contributed by atoms with Crippen molar-refractivity contribution in [1.29, 1.82) is 0 Å². The van der Waals surface area contributed by atoms with E-state index in [-0.39, 0.29) is 37.3 Å². The van der Waals surface area contributed by atoms with Crippen molar-refractivity contribution in [3.05, 3.63) is 253 Å². The maximum absolute atomic E-state index is 5.14. The van der Waals surface area contributed by atoms with Crippen molar-refractivity contribution >= 4 is 11.4 Å². The van der Waals surface area contributed by atoms with E-state index in [4.69, 9.17) is 5.32 Å². The Balaban J connectivity index is 0.000000313. The molecule has 0 aliphatic heterocycles. The first-order chi connectivity index (χ1) is 30.8. The summed E-state index contributed by atoms with van der Waals surface area (Å²) in [5.41, 5.74) is 12.5. The molecule has 2 heterocycles. The molecule has 66 heavy (non-hydrogen) atoms. The Morgan fingerprint density at radius 1 is 0.409 bits per heavy atom. The molecule has 5 aromatic carbocycles. The van der Waals surface area contributed by atoms with Gasteiger partial charge in [-0.3, -0.25) is 9.97 Å². The smallest absolute Gasteiger partial charge is 0.674 e. The summed E-state index contributed by atoms with van der Waals surface area (Å²) >= 11 is 0. The summed E-state index contributed by atoms with van der Waals surface area (Å²) in [4.78, 5) is 9.04. The number of pyridine rings is 2. The van der Waals surface area contributed by atoms with Gasteiger partial charge in [-0.05, 0) is 72.9 Å². The molecular weight excluding hydrogens is 880 g/mol. The molecule has 4 nitrogen and oxygen atoms in total. The van der Waals surface area contributed by atoms with Gasteiger partial charge in [0.25, 0.3) is 0 Å². The topological polar surface area (TPSA) is 51.9 Å². The number of hydrogen-bond donors (Lipinski definition) is 1. The van der Waals surface area contributed by atoms with Crippen LogP contribution in [0.1, 0.15) is 157 Å². The number of benzene rings is 5. The number of hydrogen-bond acceptors (Lipinski definition) is 3. The van der Waals surface area contributed by atoms with Crippen LogP contribution in [0.5, 0.6) is 0 Å². The summed E-state index contributed by atoms with van der Waals surface area (Å²) in [7, 11) is 0. The van der Waals surface area contributed by atoms with E-state index >= 15 is 0 Å². The van der Waals surface area contributed by atoms with Gasteiger partial charge in [0, 0.05) is 23.8 Å². The molecule has 0 aliphatic carbocycles. The molecule has 1 N–H and O–H groups in total. The fourth-order valence-corrected chi connectivity index (χ4v) is 6.94. The number of nitrogens with zero attached hydrogens (tertiary/aromatic N) is 3. The molecule has 5 heteroatoms. The molecule has 7 rings (SSSR count). The van der Waals surface area contributed by atoms with E-state index in [2.05, 4.69) is 168 Å². The zero-order valence-corrected chi connectivity index (χ0v) is 44.5. The number of aromatic nitrogens is 2. The van der Waals surface area contributed by atoms with Crippen molar-refractivity contribution in [3.8, 4) is 0 Å². The van der Waals surface area contributed by atoms with Crippen molar-refractivity contribution in [2.75, 3.05) is 5.32 Å². The van der Waals surface area contributed by atoms with Crippen molar-refractivity contribution in [2.45, 2.75) is 118 Å². The zero-order chi connectivity index (χ0) is 48.0. The molecular formula is C61H76N4Zr. The Hall–Kier alpha value is -5.51. The summed E-state index contributed by atoms with van der Waals surface area (Å²) < 4.78 is 0. The summed E-state index contributed by atoms with van der Waals surface area (Å²) in [5, 5.41) is 8.91. The number of rotatable bonds is 10. The molecule has 0 radical (unpaired) electrons. The predicted molar refractivity (Wildman–Crippen MR) is 283 cm³/mol. The van der Waals surface area contributed by atoms with Crippen LogP contribution in [-0.2, 0) is 37.3 Å². The molecule has 0 spiro atoms. The molecule has 0 saturated heterocycles. The number of anilines is 1. The van der Waals surface area contributed by atoms with Crippen LogP contribution in [0.25, 0.3) is 5.32 Å². The Bertz CT molecular complexity index is 2090. The number of para-hydroxylation sites is 2. The van der Waals surface area contributed by atoms with E-state index in [0.29, 0.717) is 23.7 Å². The van der Waals surface area contributed by atoms with Gasteiger partial charge in [0.05, 0.1) is 11.2 Å². The predicted octanol–water partition coefficient (Wildman–Crippen LogP) is 17.5. The van der Waals surface area contributed by atoms with Gasteiger partial charge in [0.2, 0.25) is 0 Å².